The van der Waals surface area contributed by atoms with Gasteiger partial charge in [0.1, 0.15) is 0 Å². The van der Waals surface area contributed by atoms with Gasteiger partial charge < -0.3 is 0 Å². The van der Waals surface area contributed by atoms with Crippen LogP contribution in [-0.4, -0.2) is 9.97 Å². The van der Waals surface area contributed by atoms with E-state index >= 15 is 0 Å². The van der Waals surface area contributed by atoms with Crippen molar-refractivity contribution in [3.05, 3.63) is 218 Å². The SMILES string of the molecule is c1ccc(-c2ccc(-c3cc(-c4ccc5c(ccc6c7ccccc7ccc56)c4)nc(-c4ccc(-c5c6ccccc6cc6c5ccc5ccccc56)cc4)n3)cc2)cc1. The van der Waals surface area contributed by atoms with Crippen LogP contribution in [0.2, 0.25) is 0 Å². The van der Waals surface area contributed by atoms with E-state index in [-0.39, 0.29) is 0 Å². The molecule has 0 radical (unpaired) electrons. The fourth-order valence-corrected chi connectivity index (χ4v) is 9.24. The Kier molecular flexibility index (Phi) is 7.89. The lowest BCUT2D eigenvalue weighted by molar-refractivity contribution is 1.18. The summed E-state index contributed by atoms with van der Waals surface area (Å²) in [6, 6.07) is 78.8. The van der Waals surface area contributed by atoms with Gasteiger partial charge in [-0.05, 0) is 105 Å². The lowest BCUT2D eigenvalue weighted by Gasteiger charge is -2.15. The van der Waals surface area contributed by atoms with Gasteiger partial charge in [-0.3, -0.25) is 0 Å². The van der Waals surface area contributed by atoms with Crippen LogP contribution in [0.25, 0.3) is 121 Å². The van der Waals surface area contributed by atoms with E-state index in [1.165, 1.54) is 86.9 Å². The Morgan fingerprint density at radius 3 is 1.38 bits per heavy atom. The molecule has 0 saturated heterocycles. The second-order valence-electron chi connectivity index (χ2n) is 15.7. The van der Waals surface area contributed by atoms with Crippen molar-refractivity contribution >= 4 is 64.6 Å². The second kappa shape index (κ2) is 13.9. The molecule has 0 amide bonds. The summed E-state index contributed by atoms with van der Waals surface area (Å²) in [5.74, 6) is 0.694. The summed E-state index contributed by atoms with van der Waals surface area (Å²) in [7, 11) is 0. The van der Waals surface area contributed by atoms with Gasteiger partial charge in [-0.25, -0.2) is 9.97 Å². The van der Waals surface area contributed by atoms with E-state index in [1.807, 2.05) is 0 Å². The Hall–Kier alpha value is -7.94. The van der Waals surface area contributed by atoms with E-state index < -0.39 is 0 Å². The lowest BCUT2D eigenvalue weighted by Crippen LogP contribution is -1.96. The van der Waals surface area contributed by atoms with Crippen molar-refractivity contribution in [2.45, 2.75) is 0 Å². The molecule has 0 aliphatic heterocycles. The van der Waals surface area contributed by atoms with Crippen LogP contribution in [0.15, 0.2) is 218 Å². The second-order valence-corrected chi connectivity index (χ2v) is 15.7. The molecule has 1 aromatic heterocycles. The average molecular weight is 761 g/mol. The first-order valence-electron chi connectivity index (χ1n) is 20.6. The van der Waals surface area contributed by atoms with Gasteiger partial charge in [-0.1, -0.05) is 200 Å². The summed E-state index contributed by atoms with van der Waals surface area (Å²) < 4.78 is 0. The van der Waals surface area contributed by atoms with E-state index in [1.54, 1.807) is 0 Å². The third kappa shape index (κ3) is 5.73. The number of aromatic nitrogens is 2. The van der Waals surface area contributed by atoms with Gasteiger partial charge in [-0.2, -0.15) is 0 Å². The number of benzene rings is 11. The van der Waals surface area contributed by atoms with Crippen molar-refractivity contribution in [2.24, 2.45) is 0 Å². The van der Waals surface area contributed by atoms with Crippen molar-refractivity contribution in [1.82, 2.24) is 9.97 Å². The molecular formula is C58H36N2. The summed E-state index contributed by atoms with van der Waals surface area (Å²) in [6.07, 6.45) is 0. The minimum atomic E-state index is 0.694. The maximum atomic E-state index is 5.30. The fourth-order valence-electron chi connectivity index (χ4n) is 9.24. The van der Waals surface area contributed by atoms with Crippen LogP contribution in [0.3, 0.4) is 0 Å². The Bertz CT molecular complexity index is 3630. The Labute approximate surface area is 347 Å². The first-order valence-corrected chi connectivity index (χ1v) is 20.6. The fraction of sp³-hybridized carbons (Fsp3) is 0. The molecule has 0 saturated carbocycles. The summed E-state index contributed by atoms with van der Waals surface area (Å²) in [6.45, 7) is 0. The smallest absolute Gasteiger partial charge is 0.160 e. The first-order chi connectivity index (χ1) is 29.7. The molecule has 12 rings (SSSR count). The van der Waals surface area contributed by atoms with Gasteiger partial charge in [0.05, 0.1) is 11.4 Å². The van der Waals surface area contributed by atoms with Gasteiger partial charge in [0.25, 0.3) is 0 Å². The van der Waals surface area contributed by atoms with Gasteiger partial charge in [0.2, 0.25) is 0 Å². The third-order valence-electron chi connectivity index (χ3n) is 12.3. The van der Waals surface area contributed by atoms with Gasteiger partial charge in [0, 0.05) is 16.7 Å². The highest BCUT2D eigenvalue weighted by Crippen LogP contribution is 2.40. The largest absolute Gasteiger partial charge is 0.228 e. The molecular weight excluding hydrogens is 725 g/mol. The summed E-state index contributed by atoms with van der Waals surface area (Å²) in [4.78, 5) is 10.6. The molecule has 60 heavy (non-hydrogen) atoms. The molecule has 0 fully saturated rings. The first kappa shape index (κ1) is 34.1. The van der Waals surface area contributed by atoms with Crippen molar-refractivity contribution in [1.29, 1.82) is 0 Å². The molecule has 0 aliphatic carbocycles. The molecule has 0 N–H and O–H groups in total. The maximum Gasteiger partial charge on any atom is 0.160 e. The molecule has 0 unspecified atom stereocenters. The monoisotopic (exact) mass is 760 g/mol. The summed E-state index contributed by atoms with van der Waals surface area (Å²) in [5, 5.41) is 15.0. The predicted octanol–water partition coefficient (Wildman–Crippen LogP) is 15.7. The van der Waals surface area contributed by atoms with E-state index in [2.05, 4.69) is 218 Å². The standard InChI is InChI=1S/C58H36N2/c1-2-10-37(11-3-1)38-18-20-41(21-19-38)55-36-56(46-29-30-49-45(34-46)28-32-51-47-15-7-4-12-39(47)26-31-52(49)51)60-58(59-55)43-24-22-42(23-25-43)57-50-17-9-6-14-44(50)35-54-48-16-8-5-13-40(48)27-33-53(54)57/h1-36H. The van der Waals surface area contributed by atoms with Crippen LogP contribution < -0.4 is 0 Å². The predicted molar refractivity (Wildman–Crippen MR) is 254 cm³/mol. The number of fused-ring (bicyclic) bond motifs is 9. The topological polar surface area (TPSA) is 25.8 Å². The van der Waals surface area contributed by atoms with Crippen LogP contribution >= 0.6 is 0 Å². The molecule has 2 nitrogen and oxygen atoms in total. The Morgan fingerprint density at radius 1 is 0.217 bits per heavy atom. The third-order valence-corrected chi connectivity index (χ3v) is 12.3. The molecule has 1 heterocycles. The van der Waals surface area contributed by atoms with Crippen LogP contribution in [-0.2, 0) is 0 Å². The zero-order valence-electron chi connectivity index (χ0n) is 32.7. The Balaban J connectivity index is 0.998. The zero-order valence-corrected chi connectivity index (χ0v) is 32.7. The van der Waals surface area contributed by atoms with Crippen molar-refractivity contribution < 1.29 is 0 Å². The molecule has 0 spiro atoms. The molecule has 0 bridgehead atoms. The maximum absolute atomic E-state index is 5.30. The Morgan fingerprint density at radius 2 is 0.667 bits per heavy atom. The lowest BCUT2D eigenvalue weighted by atomic mass is 9.89. The molecule has 278 valence electrons. The van der Waals surface area contributed by atoms with Crippen molar-refractivity contribution in [2.75, 3.05) is 0 Å². The minimum absolute atomic E-state index is 0.694. The molecule has 11 aromatic carbocycles. The molecule has 12 aromatic rings. The van der Waals surface area contributed by atoms with E-state index in [9.17, 15) is 0 Å². The van der Waals surface area contributed by atoms with E-state index in [0.717, 1.165) is 28.1 Å². The van der Waals surface area contributed by atoms with Gasteiger partial charge in [0.15, 0.2) is 5.82 Å². The highest BCUT2D eigenvalue weighted by molar-refractivity contribution is 6.20. The van der Waals surface area contributed by atoms with Crippen LogP contribution in [0.5, 0.6) is 0 Å². The van der Waals surface area contributed by atoms with Crippen LogP contribution in [0.1, 0.15) is 0 Å². The zero-order chi connectivity index (χ0) is 39.6. The number of rotatable bonds is 5. The minimum Gasteiger partial charge on any atom is -0.228 e. The van der Waals surface area contributed by atoms with Gasteiger partial charge >= 0.3 is 0 Å². The number of nitrogens with zero attached hydrogens (tertiary/aromatic N) is 2. The van der Waals surface area contributed by atoms with Crippen molar-refractivity contribution in [3.63, 3.8) is 0 Å². The van der Waals surface area contributed by atoms with E-state index in [4.69, 9.17) is 9.97 Å². The molecule has 0 aliphatic rings. The molecule has 2 heteroatoms. The van der Waals surface area contributed by atoms with Crippen LogP contribution in [0.4, 0.5) is 0 Å². The normalized spacial score (nSPS) is 11.7. The molecule has 0 atom stereocenters. The number of hydrogen-bond acceptors (Lipinski definition) is 2. The van der Waals surface area contributed by atoms with E-state index in [0.29, 0.717) is 5.82 Å². The van der Waals surface area contributed by atoms with Crippen LogP contribution in [0, 0.1) is 0 Å². The summed E-state index contributed by atoms with van der Waals surface area (Å²) in [5.41, 5.74) is 9.61. The highest BCUT2D eigenvalue weighted by Gasteiger charge is 2.16. The summed E-state index contributed by atoms with van der Waals surface area (Å²) >= 11 is 0. The average Bonchev–Trinajstić information content (AvgIpc) is 3.33. The highest BCUT2D eigenvalue weighted by atomic mass is 14.9. The number of hydrogen-bond donors (Lipinski definition) is 0. The van der Waals surface area contributed by atoms with Gasteiger partial charge in [-0.15, -0.1) is 0 Å². The van der Waals surface area contributed by atoms with Crippen molar-refractivity contribution in [3.8, 4) is 56.2 Å². The quantitative estimate of drug-likeness (QED) is 0.129.